The Bertz CT molecular complexity index is 415. The van der Waals surface area contributed by atoms with Crippen LogP contribution in [0, 0.1) is 6.92 Å². The topological polar surface area (TPSA) is 42.0 Å². The molecule has 1 amide bonds. The van der Waals surface area contributed by atoms with E-state index in [4.69, 9.17) is 11.6 Å². The lowest BCUT2D eigenvalue weighted by Crippen LogP contribution is -2.19. The van der Waals surface area contributed by atoms with Crippen molar-refractivity contribution < 1.29 is 4.79 Å². The van der Waals surface area contributed by atoms with E-state index in [2.05, 4.69) is 31.1 Å². The van der Waals surface area contributed by atoms with Crippen molar-refractivity contribution in [3.63, 3.8) is 0 Å². The molecule has 0 atom stereocenters. The van der Waals surface area contributed by atoms with Crippen LogP contribution in [0.4, 0.5) is 5.69 Å². The van der Waals surface area contributed by atoms with Crippen LogP contribution in [-0.2, 0) is 4.79 Å². The number of anilines is 1. The van der Waals surface area contributed by atoms with E-state index in [0.29, 0.717) is 16.6 Å². The van der Waals surface area contributed by atoms with Crippen molar-refractivity contribution in [1.29, 1.82) is 0 Å². The number of carbonyl (C=O) groups is 1. The molecule has 1 heterocycles. The molecule has 0 unspecified atom stereocenters. The van der Waals surface area contributed by atoms with Gasteiger partial charge in [-0.3, -0.25) is 4.79 Å². The van der Waals surface area contributed by atoms with Gasteiger partial charge in [-0.25, -0.2) is 4.98 Å². The van der Waals surface area contributed by atoms with Crippen LogP contribution >= 0.6 is 23.4 Å². The Hall–Kier alpha value is -0.740. The quantitative estimate of drug-likeness (QED) is 0.856. The van der Waals surface area contributed by atoms with Crippen LogP contribution in [0.5, 0.6) is 0 Å². The Labute approximate surface area is 111 Å². The molecule has 0 aliphatic heterocycles. The molecule has 0 saturated carbocycles. The van der Waals surface area contributed by atoms with E-state index < -0.39 is 0 Å². The van der Waals surface area contributed by atoms with Gasteiger partial charge in [0, 0.05) is 4.75 Å². The number of carbonyl (C=O) groups excluding carboxylic acids is 1. The molecule has 0 bridgehead atoms. The minimum absolute atomic E-state index is 0.0200. The average Bonchev–Trinajstić information content (AvgIpc) is 2.20. The highest BCUT2D eigenvalue weighted by Gasteiger charge is 2.13. The summed E-state index contributed by atoms with van der Waals surface area (Å²) in [6.07, 6.45) is 1.56. The molecule has 1 aromatic rings. The number of nitrogens with one attached hydrogen (secondary N) is 1. The number of nitrogens with zero attached hydrogens (tertiary/aromatic N) is 1. The maximum Gasteiger partial charge on any atom is 0.234 e. The van der Waals surface area contributed by atoms with Gasteiger partial charge < -0.3 is 5.32 Å². The first-order valence-electron chi connectivity index (χ1n) is 5.34. The van der Waals surface area contributed by atoms with E-state index >= 15 is 0 Å². The molecule has 0 aromatic carbocycles. The molecular formula is C12H17ClN2OS. The molecule has 0 fully saturated rings. The fraction of sp³-hybridized carbons (Fsp3) is 0.500. The van der Waals surface area contributed by atoms with Gasteiger partial charge in [-0.05, 0) is 18.6 Å². The van der Waals surface area contributed by atoms with Gasteiger partial charge in [0.1, 0.15) is 5.15 Å². The Morgan fingerprint density at radius 1 is 1.53 bits per heavy atom. The van der Waals surface area contributed by atoms with Crippen LogP contribution in [0.2, 0.25) is 5.15 Å². The smallest absolute Gasteiger partial charge is 0.234 e. The van der Waals surface area contributed by atoms with E-state index in [9.17, 15) is 4.79 Å². The van der Waals surface area contributed by atoms with Crippen molar-refractivity contribution in [2.24, 2.45) is 0 Å². The molecule has 17 heavy (non-hydrogen) atoms. The number of halogens is 1. The second-order valence-electron chi connectivity index (χ2n) is 4.78. The Kier molecular flexibility index (Phi) is 4.83. The summed E-state index contributed by atoms with van der Waals surface area (Å²) in [5.74, 6) is 0.416. The number of hydrogen-bond acceptors (Lipinski definition) is 3. The number of rotatable bonds is 3. The van der Waals surface area contributed by atoms with Crippen molar-refractivity contribution in [2.75, 3.05) is 11.1 Å². The van der Waals surface area contributed by atoms with Crippen LogP contribution in [0.25, 0.3) is 0 Å². The number of amides is 1. The van der Waals surface area contributed by atoms with E-state index in [1.807, 2.05) is 13.0 Å². The molecule has 0 saturated heterocycles. The van der Waals surface area contributed by atoms with Crippen LogP contribution in [0.15, 0.2) is 12.3 Å². The fourth-order valence-corrected chi connectivity index (χ4v) is 1.85. The fourth-order valence-electron chi connectivity index (χ4n) is 1.11. The zero-order chi connectivity index (χ0) is 13.1. The van der Waals surface area contributed by atoms with E-state index in [0.717, 1.165) is 5.56 Å². The standard InChI is InChI=1S/C12H17ClN2OS/c1-8-5-9(6-14-11(8)13)15-10(16)7-17-12(2,3)4/h5-6H,7H2,1-4H3,(H,15,16). The summed E-state index contributed by atoms with van der Waals surface area (Å²) in [6.45, 7) is 8.10. The number of aryl methyl sites for hydroxylation is 1. The van der Waals surface area contributed by atoms with Crippen LogP contribution in [-0.4, -0.2) is 21.4 Å². The Morgan fingerprint density at radius 3 is 2.71 bits per heavy atom. The Balaban J connectivity index is 2.54. The number of aromatic nitrogens is 1. The zero-order valence-corrected chi connectivity index (χ0v) is 12.1. The third-order valence-electron chi connectivity index (χ3n) is 1.93. The van der Waals surface area contributed by atoms with Gasteiger partial charge in [0.05, 0.1) is 17.6 Å². The van der Waals surface area contributed by atoms with Crippen LogP contribution in [0.3, 0.4) is 0 Å². The summed E-state index contributed by atoms with van der Waals surface area (Å²) in [7, 11) is 0. The summed E-state index contributed by atoms with van der Waals surface area (Å²) in [5.41, 5.74) is 1.54. The minimum Gasteiger partial charge on any atom is -0.324 e. The largest absolute Gasteiger partial charge is 0.324 e. The third kappa shape index (κ3) is 5.41. The number of thioether (sulfide) groups is 1. The van der Waals surface area contributed by atoms with Gasteiger partial charge in [-0.1, -0.05) is 32.4 Å². The lowest BCUT2D eigenvalue weighted by atomic mass is 10.3. The van der Waals surface area contributed by atoms with Crippen molar-refractivity contribution >= 4 is 35.0 Å². The first-order chi connectivity index (χ1) is 7.78. The van der Waals surface area contributed by atoms with Gasteiger partial charge in [0.2, 0.25) is 5.91 Å². The van der Waals surface area contributed by atoms with E-state index in [-0.39, 0.29) is 10.7 Å². The van der Waals surface area contributed by atoms with Gasteiger partial charge >= 0.3 is 0 Å². The van der Waals surface area contributed by atoms with Crippen molar-refractivity contribution in [1.82, 2.24) is 4.98 Å². The molecule has 1 aromatic heterocycles. The van der Waals surface area contributed by atoms with Crippen molar-refractivity contribution in [3.8, 4) is 0 Å². The van der Waals surface area contributed by atoms with Crippen molar-refractivity contribution in [3.05, 3.63) is 23.0 Å². The predicted octanol–water partition coefficient (Wildman–Crippen LogP) is 3.51. The summed E-state index contributed by atoms with van der Waals surface area (Å²) >= 11 is 7.42. The molecule has 1 N–H and O–H groups in total. The first-order valence-corrected chi connectivity index (χ1v) is 6.70. The maximum absolute atomic E-state index is 11.7. The molecular weight excluding hydrogens is 256 g/mol. The van der Waals surface area contributed by atoms with Crippen LogP contribution in [0.1, 0.15) is 26.3 Å². The van der Waals surface area contributed by atoms with E-state index in [1.54, 1.807) is 18.0 Å². The predicted molar refractivity (Wildman–Crippen MR) is 74.8 cm³/mol. The molecule has 0 spiro atoms. The monoisotopic (exact) mass is 272 g/mol. The summed E-state index contributed by atoms with van der Waals surface area (Å²) in [6, 6.07) is 1.81. The van der Waals surface area contributed by atoms with E-state index in [1.165, 1.54) is 0 Å². The normalized spacial score (nSPS) is 11.4. The maximum atomic E-state index is 11.7. The second kappa shape index (κ2) is 5.74. The second-order valence-corrected chi connectivity index (χ2v) is 6.94. The van der Waals surface area contributed by atoms with Gasteiger partial charge in [0.15, 0.2) is 0 Å². The number of pyridine rings is 1. The van der Waals surface area contributed by atoms with Gasteiger partial charge in [0.25, 0.3) is 0 Å². The molecule has 94 valence electrons. The average molecular weight is 273 g/mol. The van der Waals surface area contributed by atoms with Crippen molar-refractivity contribution in [2.45, 2.75) is 32.4 Å². The molecule has 0 aliphatic carbocycles. The minimum atomic E-state index is -0.0200. The lowest BCUT2D eigenvalue weighted by Gasteiger charge is -2.17. The Morgan fingerprint density at radius 2 is 2.18 bits per heavy atom. The summed E-state index contributed by atoms with van der Waals surface area (Å²) in [4.78, 5) is 15.6. The summed E-state index contributed by atoms with van der Waals surface area (Å²) in [5, 5.41) is 3.27. The first kappa shape index (κ1) is 14.3. The molecule has 0 aliphatic rings. The highest BCUT2D eigenvalue weighted by Crippen LogP contribution is 2.23. The zero-order valence-electron chi connectivity index (χ0n) is 10.5. The van der Waals surface area contributed by atoms with Gasteiger partial charge in [-0.2, -0.15) is 0 Å². The summed E-state index contributed by atoms with van der Waals surface area (Å²) < 4.78 is 0.0888. The molecule has 1 rings (SSSR count). The highest BCUT2D eigenvalue weighted by molar-refractivity contribution is 8.01. The molecule has 0 radical (unpaired) electrons. The van der Waals surface area contributed by atoms with Crippen LogP contribution < -0.4 is 5.32 Å². The molecule has 5 heteroatoms. The SMILES string of the molecule is Cc1cc(NC(=O)CSC(C)(C)C)cnc1Cl. The third-order valence-corrected chi connectivity index (χ3v) is 3.60. The van der Waals surface area contributed by atoms with Gasteiger partial charge in [-0.15, -0.1) is 11.8 Å². The lowest BCUT2D eigenvalue weighted by molar-refractivity contribution is -0.113. The highest BCUT2D eigenvalue weighted by atomic mass is 35.5. The number of hydrogen-bond donors (Lipinski definition) is 1. The molecule has 3 nitrogen and oxygen atoms in total.